The fourth-order valence-electron chi connectivity index (χ4n) is 1.10. The number of furan rings is 1. The van der Waals surface area contributed by atoms with E-state index in [-0.39, 0.29) is 6.04 Å². The lowest BCUT2D eigenvalue weighted by Gasteiger charge is -2.20. The average Bonchev–Trinajstić information content (AvgIpc) is 2.38. The largest absolute Gasteiger partial charge is 0.466 e. The van der Waals surface area contributed by atoms with E-state index in [1.165, 1.54) is 0 Å². The molecule has 1 atom stereocenters. The van der Waals surface area contributed by atoms with E-state index in [0.717, 1.165) is 10.2 Å². The molecule has 1 unspecified atom stereocenters. The molecule has 0 fully saturated rings. The zero-order valence-corrected chi connectivity index (χ0v) is 8.84. The normalized spacial score (nSPS) is 13.8. The molecule has 1 aromatic rings. The summed E-state index contributed by atoms with van der Waals surface area (Å²) < 4.78 is 6.29. The van der Waals surface area contributed by atoms with E-state index in [9.17, 15) is 0 Å². The molecule has 0 saturated heterocycles. The molecule has 0 bridgehead atoms. The third-order valence-electron chi connectivity index (χ3n) is 1.79. The topological polar surface area (TPSA) is 42.4 Å². The summed E-state index contributed by atoms with van der Waals surface area (Å²) in [5.41, 5.74) is 5.61. The Morgan fingerprint density at radius 1 is 1.67 bits per heavy atom. The van der Waals surface area contributed by atoms with Gasteiger partial charge in [0.2, 0.25) is 0 Å². The van der Waals surface area contributed by atoms with Gasteiger partial charge in [-0.2, -0.15) is 0 Å². The van der Waals surface area contributed by atoms with Crippen molar-refractivity contribution in [2.24, 2.45) is 5.73 Å². The number of likely N-dealkylation sites (N-methyl/N-ethyl adjacent to an activating group) is 1. The van der Waals surface area contributed by atoms with Gasteiger partial charge in [0.1, 0.15) is 5.76 Å². The van der Waals surface area contributed by atoms with Crippen LogP contribution in [0, 0.1) is 0 Å². The van der Waals surface area contributed by atoms with Gasteiger partial charge in [-0.05, 0) is 36.1 Å². The summed E-state index contributed by atoms with van der Waals surface area (Å²) >= 11 is 3.40. The highest BCUT2D eigenvalue weighted by Gasteiger charge is 2.17. The van der Waals surface area contributed by atoms with Crippen LogP contribution in [0.4, 0.5) is 0 Å². The minimum Gasteiger partial charge on any atom is -0.466 e. The molecule has 68 valence electrons. The Bertz CT molecular complexity index is 247. The SMILES string of the molecule is CN(C)C(CN)c1occc1Br. The summed E-state index contributed by atoms with van der Waals surface area (Å²) in [5, 5.41) is 0. The van der Waals surface area contributed by atoms with Gasteiger partial charge in [0.25, 0.3) is 0 Å². The van der Waals surface area contributed by atoms with Crippen molar-refractivity contribution in [3.8, 4) is 0 Å². The standard InChI is InChI=1S/C8H13BrN2O/c1-11(2)7(5-10)8-6(9)3-4-12-8/h3-4,7H,5,10H2,1-2H3. The molecule has 0 amide bonds. The van der Waals surface area contributed by atoms with Gasteiger partial charge in [0, 0.05) is 6.54 Å². The van der Waals surface area contributed by atoms with E-state index < -0.39 is 0 Å². The molecule has 0 aliphatic rings. The van der Waals surface area contributed by atoms with Crippen molar-refractivity contribution >= 4 is 15.9 Å². The second kappa shape index (κ2) is 4.07. The molecule has 12 heavy (non-hydrogen) atoms. The highest BCUT2D eigenvalue weighted by Crippen LogP contribution is 2.26. The minimum atomic E-state index is 0.148. The van der Waals surface area contributed by atoms with Gasteiger partial charge in [-0.3, -0.25) is 4.90 Å². The lowest BCUT2D eigenvalue weighted by molar-refractivity contribution is 0.263. The Labute approximate surface area is 80.7 Å². The molecular formula is C8H13BrN2O. The van der Waals surface area contributed by atoms with E-state index in [1.807, 2.05) is 25.1 Å². The van der Waals surface area contributed by atoms with Gasteiger partial charge in [-0.15, -0.1) is 0 Å². The monoisotopic (exact) mass is 232 g/mol. The molecule has 2 N–H and O–H groups in total. The van der Waals surface area contributed by atoms with Crippen LogP contribution in [0.3, 0.4) is 0 Å². The smallest absolute Gasteiger partial charge is 0.136 e. The van der Waals surface area contributed by atoms with E-state index in [1.54, 1.807) is 6.26 Å². The number of hydrogen-bond acceptors (Lipinski definition) is 3. The molecule has 0 aliphatic carbocycles. The predicted octanol–water partition coefficient (Wildman–Crippen LogP) is 1.60. The van der Waals surface area contributed by atoms with Gasteiger partial charge in [0.05, 0.1) is 16.8 Å². The summed E-state index contributed by atoms with van der Waals surface area (Å²) in [4.78, 5) is 2.03. The molecule has 3 nitrogen and oxygen atoms in total. The van der Waals surface area contributed by atoms with Crippen molar-refractivity contribution in [3.63, 3.8) is 0 Å². The Balaban J connectivity index is 2.87. The molecule has 1 rings (SSSR count). The van der Waals surface area contributed by atoms with E-state index in [2.05, 4.69) is 15.9 Å². The summed E-state index contributed by atoms with van der Waals surface area (Å²) in [6.07, 6.45) is 1.66. The number of halogens is 1. The molecule has 0 saturated carbocycles. The van der Waals surface area contributed by atoms with Crippen molar-refractivity contribution in [2.45, 2.75) is 6.04 Å². The molecule has 4 heteroatoms. The second-order valence-corrected chi connectivity index (χ2v) is 3.70. The average molecular weight is 233 g/mol. The van der Waals surface area contributed by atoms with Crippen molar-refractivity contribution in [1.29, 1.82) is 0 Å². The molecule has 0 aromatic carbocycles. The number of rotatable bonds is 3. The quantitative estimate of drug-likeness (QED) is 0.862. The third-order valence-corrected chi connectivity index (χ3v) is 2.45. The van der Waals surface area contributed by atoms with Crippen LogP contribution in [-0.4, -0.2) is 25.5 Å². The van der Waals surface area contributed by atoms with Crippen molar-refractivity contribution in [3.05, 3.63) is 22.6 Å². The first-order valence-corrected chi connectivity index (χ1v) is 4.55. The Morgan fingerprint density at radius 2 is 2.33 bits per heavy atom. The molecule has 0 radical (unpaired) electrons. The zero-order chi connectivity index (χ0) is 9.14. The molecule has 0 spiro atoms. The zero-order valence-electron chi connectivity index (χ0n) is 7.25. The predicted molar refractivity (Wildman–Crippen MR) is 51.9 cm³/mol. The Hall–Kier alpha value is -0.320. The maximum absolute atomic E-state index is 5.61. The first kappa shape index (κ1) is 9.77. The van der Waals surface area contributed by atoms with Crippen LogP contribution in [-0.2, 0) is 0 Å². The molecule has 0 aliphatic heterocycles. The lowest BCUT2D eigenvalue weighted by atomic mass is 10.2. The van der Waals surface area contributed by atoms with Crippen molar-refractivity contribution < 1.29 is 4.42 Å². The van der Waals surface area contributed by atoms with E-state index in [0.29, 0.717) is 6.54 Å². The first-order chi connectivity index (χ1) is 5.66. The summed E-state index contributed by atoms with van der Waals surface area (Å²) in [6.45, 7) is 0.555. The number of nitrogens with two attached hydrogens (primary N) is 1. The highest BCUT2D eigenvalue weighted by atomic mass is 79.9. The van der Waals surface area contributed by atoms with Crippen LogP contribution >= 0.6 is 15.9 Å². The van der Waals surface area contributed by atoms with E-state index in [4.69, 9.17) is 10.2 Å². The van der Waals surface area contributed by atoms with Gasteiger partial charge < -0.3 is 10.2 Å². The summed E-state index contributed by atoms with van der Waals surface area (Å²) in [5.74, 6) is 0.891. The van der Waals surface area contributed by atoms with E-state index >= 15 is 0 Å². The van der Waals surface area contributed by atoms with Crippen molar-refractivity contribution in [2.75, 3.05) is 20.6 Å². The fourth-order valence-corrected chi connectivity index (χ4v) is 1.56. The van der Waals surface area contributed by atoms with Crippen LogP contribution in [0.25, 0.3) is 0 Å². The molecule has 1 heterocycles. The lowest BCUT2D eigenvalue weighted by Crippen LogP contribution is -2.26. The van der Waals surface area contributed by atoms with Crippen LogP contribution in [0.2, 0.25) is 0 Å². The third kappa shape index (κ3) is 1.88. The second-order valence-electron chi connectivity index (χ2n) is 2.85. The van der Waals surface area contributed by atoms with Crippen molar-refractivity contribution in [1.82, 2.24) is 4.90 Å². The Kier molecular flexibility index (Phi) is 3.31. The summed E-state index contributed by atoms with van der Waals surface area (Å²) in [7, 11) is 3.96. The minimum absolute atomic E-state index is 0.148. The molecular weight excluding hydrogens is 220 g/mol. The Morgan fingerprint density at radius 3 is 2.67 bits per heavy atom. The van der Waals surface area contributed by atoms with Gasteiger partial charge in [-0.1, -0.05) is 0 Å². The fraction of sp³-hybridized carbons (Fsp3) is 0.500. The van der Waals surface area contributed by atoms with Gasteiger partial charge in [-0.25, -0.2) is 0 Å². The van der Waals surface area contributed by atoms with Crippen LogP contribution in [0.1, 0.15) is 11.8 Å². The number of nitrogens with zero attached hydrogens (tertiary/aromatic N) is 1. The van der Waals surface area contributed by atoms with Crippen LogP contribution < -0.4 is 5.73 Å². The van der Waals surface area contributed by atoms with Crippen LogP contribution in [0.15, 0.2) is 21.2 Å². The highest BCUT2D eigenvalue weighted by molar-refractivity contribution is 9.10. The van der Waals surface area contributed by atoms with Gasteiger partial charge >= 0.3 is 0 Å². The van der Waals surface area contributed by atoms with Crippen LogP contribution in [0.5, 0.6) is 0 Å². The first-order valence-electron chi connectivity index (χ1n) is 3.76. The number of hydrogen-bond donors (Lipinski definition) is 1. The van der Waals surface area contributed by atoms with Gasteiger partial charge in [0.15, 0.2) is 0 Å². The maximum atomic E-state index is 5.61. The maximum Gasteiger partial charge on any atom is 0.136 e. The summed E-state index contributed by atoms with van der Waals surface area (Å²) in [6, 6.07) is 2.02. The molecule has 1 aromatic heterocycles.